The Morgan fingerprint density at radius 3 is 2.12 bits per heavy atom. The summed E-state index contributed by atoms with van der Waals surface area (Å²) in [5.41, 5.74) is 5.85. The minimum Gasteiger partial charge on any atom is -0.480 e. The summed E-state index contributed by atoms with van der Waals surface area (Å²) in [5.74, 6) is 0.746. The molecule has 10 heteroatoms. The van der Waals surface area contributed by atoms with Crippen LogP contribution in [0.25, 0.3) is 0 Å². The molecule has 0 aliphatic rings. The molecule has 0 amide bonds. The first kappa shape index (κ1) is 22.6. The highest BCUT2D eigenvalue weighted by molar-refractivity contribution is 7.89. The summed E-state index contributed by atoms with van der Waals surface area (Å²) in [6, 6.07) is 3.90. The molecule has 0 aromatic heterocycles. The Bertz CT molecular complexity index is 645. The van der Waals surface area contributed by atoms with Crippen LogP contribution in [-0.2, 0) is 10.0 Å². The van der Waals surface area contributed by atoms with Crippen molar-refractivity contribution in [2.75, 3.05) is 13.1 Å². The molecule has 0 aliphatic carbocycles. The molecule has 0 aliphatic heterocycles. The van der Waals surface area contributed by atoms with Gasteiger partial charge in [-0.05, 0) is 12.3 Å². The van der Waals surface area contributed by atoms with Gasteiger partial charge in [-0.1, -0.05) is 20.8 Å². The minimum absolute atomic E-state index is 0. The normalized spacial score (nSPS) is 14.6. The van der Waals surface area contributed by atoms with E-state index in [4.69, 9.17) is 14.8 Å². The maximum Gasteiger partial charge on any atom is 0.243 e. The van der Waals surface area contributed by atoms with Crippen LogP contribution in [0.3, 0.4) is 0 Å². The van der Waals surface area contributed by atoms with Crippen molar-refractivity contribution in [1.29, 1.82) is 0 Å². The monoisotopic (exact) mass is 418 g/mol. The molecule has 4 atom stereocenters. The third-order valence-corrected chi connectivity index (χ3v) is 6.04. The SMILES string of the molecule is CC[C@H](N)[C@H](O)CN(CC(C)C)S(=O)(=O)c1cc(OP)cc(OP)c1.[3HH].[3HH]. The Kier molecular flexibility index (Phi) is 9.02. The second-order valence-electron chi connectivity index (χ2n) is 6.23. The number of nitrogens with zero attached hydrogens (tertiary/aromatic N) is 1. The van der Waals surface area contributed by atoms with Crippen LogP contribution in [0.15, 0.2) is 23.1 Å². The zero-order chi connectivity index (χ0) is 19.2. The highest BCUT2D eigenvalue weighted by atomic mass is 32.2. The van der Waals surface area contributed by atoms with E-state index in [2.05, 4.69) is 18.9 Å². The largest absolute Gasteiger partial charge is 0.480 e. The van der Waals surface area contributed by atoms with Gasteiger partial charge in [-0.25, -0.2) is 8.42 Å². The molecule has 2 unspecified atom stereocenters. The van der Waals surface area contributed by atoms with Crippen LogP contribution in [0, 0.1) is 5.92 Å². The quantitative estimate of drug-likeness (QED) is 0.565. The molecule has 0 spiro atoms. The van der Waals surface area contributed by atoms with E-state index in [0.717, 1.165) is 0 Å². The maximum atomic E-state index is 13.1. The van der Waals surface area contributed by atoms with Gasteiger partial charge in [-0.15, -0.1) is 0 Å². The summed E-state index contributed by atoms with van der Waals surface area (Å²) in [7, 11) is 0.280. The number of hydrogen-bond donors (Lipinski definition) is 2. The smallest absolute Gasteiger partial charge is 0.243 e. The first-order valence-electron chi connectivity index (χ1n) is 7.98. The summed E-state index contributed by atoms with van der Waals surface area (Å²) in [5, 5.41) is 10.2. The van der Waals surface area contributed by atoms with Gasteiger partial charge in [0.05, 0.1) is 29.9 Å². The highest BCUT2D eigenvalue weighted by Gasteiger charge is 2.29. The zero-order valence-electron chi connectivity index (χ0n) is 14.8. The van der Waals surface area contributed by atoms with E-state index in [9.17, 15) is 13.5 Å². The molecule has 0 fully saturated rings. The molecular weight excluding hydrogens is 382 g/mol. The summed E-state index contributed by atoms with van der Waals surface area (Å²) in [6.45, 7) is 5.86. The van der Waals surface area contributed by atoms with E-state index < -0.39 is 22.2 Å². The first-order chi connectivity index (χ1) is 11.6. The van der Waals surface area contributed by atoms with Crippen molar-refractivity contribution in [2.45, 2.75) is 44.2 Å². The molecule has 0 saturated heterocycles. The number of aliphatic hydroxyl groups is 1. The molecule has 25 heavy (non-hydrogen) atoms. The summed E-state index contributed by atoms with van der Waals surface area (Å²) < 4.78 is 37.6. The lowest BCUT2D eigenvalue weighted by Crippen LogP contribution is -2.46. The fraction of sp³-hybridized carbons (Fsp3) is 0.600. The lowest BCUT2D eigenvalue weighted by molar-refractivity contribution is 0.115. The second-order valence-corrected chi connectivity index (χ2v) is 8.64. The molecule has 1 rings (SSSR count). The Labute approximate surface area is 157 Å². The molecule has 1 aromatic carbocycles. The number of nitrogens with two attached hydrogens (primary N) is 1. The topological polar surface area (TPSA) is 102 Å². The Balaban J connectivity index is 0. The van der Waals surface area contributed by atoms with Crippen molar-refractivity contribution in [1.82, 2.24) is 4.31 Å². The number of sulfonamides is 1. The van der Waals surface area contributed by atoms with Gasteiger partial charge in [-0.2, -0.15) is 4.31 Å². The van der Waals surface area contributed by atoms with E-state index in [-0.39, 0.29) is 26.8 Å². The summed E-state index contributed by atoms with van der Waals surface area (Å²) >= 11 is 0. The van der Waals surface area contributed by atoms with Gasteiger partial charge in [0.1, 0.15) is 11.5 Å². The first-order valence-corrected chi connectivity index (χ1v) is 10.4. The lowest BCUT2D eigenvalue weighted by atomic mass is 10.1. The minimum atomic E-state index is -3.86. The molecule has 3 N–H and O–H groups in total. The Morgan fingerprint density at radius 1 is 1.20 bits per heavy atom. The average Bonchev–Trinajstić information content (AvgIpc) is 2.59. The van der Waals surface area contributed by atoms with Crippen LogP contribution >= 0.6 is 18.9 Å². The van der Waals surface area contributed by atoms with Crippen molar-refractivity contribution in [3.05, 3.63) is 18.2 Å². The Hall–Kier alpha value is -0.490. The molecule has 0 saturated carbocycles. The van der Waals surface area contributed by atoms with Gasteiger partial charge < -0.3 is 19.9 Å². The third kappa shape index (κ3) is 6.31. The van der Waals surface area contributed by atoms with E-state index in [0.29, 0.717) is 17.9 Å². The van der Waals surface area contributed by atoms with Crippen molar-refractivity contribution in [3.8, 4) is 11.5 Å². The van der Waals surface area contributed by atoms with Crippen molar-refractivity contribution in [2.24, 2.45) is 11.7 Å². The van der Waals surface area contributed by atoms with Gasteiger partial charge in [0.25, 0.3) is 0 Å². The predicted octanol–water partition coefficient (Wildman–Crippen LogP) is 2.26. The summed E-state index contributed by atoms with van der Waals surface area (Å²) in [6.07, 6.45) is -0.393. The van der Waals surface area contributed by atoms with Gasteiger partial charge in [0.2, 0.25) is 10.0 Å². The molecule has 1 aromatic rings. The van der Waals surface area contributed by atoms with Crippen LogP contribution in [-0.4, -0.2) is 43.1 Å². The standard InChI is InChI=1S/C15H28N2O5P2S.2H2/c1-4-14(16)15(18)9-17(8-10(2)3)25(19,20)13-6-11(21-23)5-12(7-13)22-24;;/h5-7,10,14-15,18H,4,8-9,16,23-24H2,1-3H3;2*1H/t14-,15+;;/m0../s1/i;2*1+2. The third-order valence-electron chi connectivity index (χ3n) is 3.69. The fourth-order valence-electron chi connectivity index (χ4n) is 2.27. The summed E-state index contributed by atoms with van der Waals surface area (Å²) in [4.78, 5) is 0.0304. The number of hydrogen-bond acceptors (Lipinski definition) is 6. The van der Waals surface area contributed by atoms with Crippen LogP contribution in [0.2, 0.25) is 0 Å². The molecule has 0 radical (unpaired) electrons. The van der Waals surface area contributed by atoms with E-state index >= 15 is 0 Å². The lowest BCUT2D eigenvalue weighted by Gasteiger charge is -2.28. The molecular formula is C15H32N2O5P2S. The predicted molar refractivity (Wildman–Crippen MR) is 109 cm³/mol. The van der Waals surface area contributed by atoms with Crippen LogP contribution < -0.4 is 14.8 Å². The van der Waals surface area contributed by atoms with Crippen molar-refractivity contribution >= 4 is 29.0 Å². The van der Waals surface area contributed by atoms with Crippen LogP contribution in [0.5, 0.6) is 11.5 Å². The second kappa shape index (κ2) is 10.0. The number of benzene rings is 1. The fourth-order valence-corrected chi connectivity index (χ4v) is 4.22. The van der Waals surface area contributed by atoms with Gasteiger partial charge in [-0.3, -0.25) is 0 Å². The molecule has 7 nitrogen and oxygen atoms in total. The molecule has 148 valence electrons. The van der Waals surface area contributed by atoms with E-state index in [1.165, 1.54) is 16.4 Å². The van der Waals surface area contributed by atoms with Gasteiger partial charge in [0, 0.05) is 40.2 Å². The number of rotatable bonds is 10. The molecule has 0 heterocycles. The van der Waals surface area contributed by atoms with Crippen molar-refractivity contribution in [3.63, 3.8) is 0 Å². The van der Waals surface area contributed by atoms with Crippen LogP contribution in [0.4, 0.5) is 0 Å². The number of aliphatic hydroxyl groups excluding tert-OH is 1. The van der Waals surface area contributed by atoms with Gasteiger partial charge in [0.15, 0.2) is 0 Å². The Morgan fingerprint density at radius 2 is 1.72 bits per heavy atom. The van der Waals surface area contributed by atoms with E-state index in [1.54, 1.807) is 6.07 Å². The average molecular weight is 418 g/mol. The highest BCUT2D eigenvalue weighted by Crippen LogP contribution is 2.30. The van der Waals surface area contributed by atoms with Crippen LogP contribution in [0.1, 0.15) is 30.0 Å². The zero-order valence-corrected chi connectivity index (χ0v) is 17.9. The molecule has 0 bridgehead atoms. The van der Waals surface area contributed by atoms with Crippen molar-refractivity contribution < 1.29 is 25.4 Å². The van der Waals surface area contributed by atoms with E-state index in [1.807, 2.05) is 20.8 Å². The maximum absolute atomic E-state index is 13.1. The van der Waals surface area contributed by atoms with Gasteiger partial charge >= 0.3 is 0 Å².